The molecular formula is C8H8FKO2. The van der Waals surface area contributed by atoms with E-state index in [-0.39, 0.29) is 58.4 Å². The average Bonchev–Trinajstić information content (AvgIpc) is 1.94. The SMILES string of the molecule is Cc1ccc(F)c(C(=O)O)c1.[H-].[K+]. The van der Waals surface area contributed by atoms with Crippen LogP contribution in [0.5, 0.6) is 0 Å². The topological polar surface area (TPSA) is 37.3 Å². The Hall–Kier alpha value is 0.256. The molecule has 1 aromatic rings. The van der Waals surface area contributed by atoms with Gasteiger partial charge < -0.3 is 6.53 Å². The molecule has 60 valence electrons. The number of rotatable bonds is 1. The third-order valence-corrected chi connectivity index (χ3v) is 1.35. The molecule has 1 aromatic carbocycles. The second kappa shape index (κ2) is 5.09. The summed E-state index contributed by atoms with van der Waals surface area (Å²) in [5, 5.41) is 8.45. The molecule has 0 heterocycles. The molecule has 1 N–H and O–H groups in total. The number of hydrogen-bond acceptors (Lipinski definition) is 1. The van der Waals surface area contributed by atoms with E-state index in [9.17, 15) is 9.18 Å². The van der Waals surface area contributed by atoms with Gasteiger partial charge in [-0.3, -0.25) is 0 Å². The van der Waals surface area contributed by atoms with Gasteiger partial charge in [-0.2, -0.15) is 0 Å². The van der Waals surface area contributed by atoms with Crippen molar-refractivity contribution in [2.75, 3.05) is 0 Å². The maximum atomic E-state index is 12.6. The van der Waals surface area contributed by atoms with Gasteiger partial charge in [-0.05, 0) is 19.1 Å². The molecule has 0 unspecified atom stereocenters. The van der Waals surface area contributed by atoms with Crippen LogP contribution >= 0.6 is 0 Å². The van der Waals surface area contributed by atoms with E-state index in [1.165, 1.54) is 12.1 Å². The molecule has 0 bridgehead atoms. The Bertz CT molecular complexity index is 304. The van der Waals surface area contributed by atoms with Gasteiger partial charge >= 0.3 is 57.4 Å². The van der Waals surface area contributed by atoms with Crippen LogP contribution in [0.1, 0.15) is 17.3 Å². The Kier molecular flexibility index (Phi) is 5.20. The van der Waals surface area contributed by atoms with Crippen molar-refractivity contribution < 1.29 is 67.1 Å². The van der Waals surface area contributed by atoms with Gasteiger partial charge in [0.05, 0.1) is 5.56 Å². The molecule has 0 radical (unpaired) electrons. The largest absolute Gasteiger partial charge is 1.00 e. The summed E-state index contributed by atoms with van der Waals surface area (Å²) < 4.78 is 12.6. The van der Waals surface area contributed by atoms with Gasteiger partial charge in [0.1, 0.15) is 5.82 Å². The third kappa shape index (κ3) is 2.95. The summed E-state index contributed by atoms with van der Waals surface area (Å²) in [7, 11) is 0. The van der Waals surface area contributed by atoms with Crippen LogP contribution in [0.3, 0.4) is 0 Å². The normalized spacial score (nSPS) is 8.83. The van der Waals surface area contributed by atoms with Crippen molar-refractivity contribution in [1.82, 2.24) is 0 Å². The summed E-state index contributed by atoms with van der Waals surface area (Å²) in [6.45, 7) is 1.71. The van der Waals surface area contributed by atoms with Crippen molar-refractivity contribution in [3.05, 3.63) is 35.1 Å². The number of carboxylic acid groups (broad SMARTS) is 1. The first-order chi connectivity index (χ1) is 5.11. The third-order valence-electron chi connectivity index (χ3n) is 1.35. The number of carbonyl (C=O) groups is 1. The maximum absolute atomic E-state index is 12.6. The van der Waals surface area contributed by atoms with Gasteiger partial charge in [0, 0.05) is 0 Å². The molecule has 0 saturated heterocycles. The second-order valence-corrected chi connectivity index (χ2v) is 2.29. The van der Waals surface area contributed by atoms with Crippen LogP contribution in [-0.2, 0) is 0 Å². The van der Waals surface area contributed by atoms with Crippen molar-refractivity contribution in [3.63, 3.8) is 0 Å². The van der Waals surface area contributed by atoms with E-state index in [0.29, 0.717) is 0 Å². The Morgan fingerprint density at radius 3 is 2.58 bits per heavy atom. The smallest absolute Gasteiger partial charge is 1.00 e. The first-order valence-corrected chi connectivity index (χ1v) is 3.10. The molecule has 0 aromatic heterocycles. The van der Waals surface area contributed by atoms with Crippen molar-refractivity contribution in [2.24, 2.45) is 0 Å². The zero-order chi connectivity index (χ0) is 8.43. The van der Waals surface area contributed by atoms with E-state index < -0.39 is 11.8 Å². The summed E-state index contributed by atoms with van der Waals surface area (Å²) >= 11 is 0. The molecule has 0 saturated carbocycles. The number of hydrogen-bond donors (Lipinski definition) is 1. The van der Waals surface area contributed by atoms with E-state index in [1.54, 1.807) is 6.92 Å². The fraction of sp³-hybridized carbons (Fsp3) is 0.125. The Balaban J connectivity index is 0. The van der Waals surface area contributed by atoms with Crippen molar-refractivity contribution in [2.45, 2.75) is 6.92 Å². The van der Waals surface area contributed by atoms with Crippen LogP contribution in [0.15, 0.2) is 18.2 Å². The van der Waals surface area contributed by atoms with Crippen LogP contribution < -0.4 is 51.4 Å². The zero-order valence-corrected chi connectivity index (χ0v) is 10.1. The number of halogens is 1. The Morgan fingerprint density at radius 1 is 1.58 bits per heavy atom. The standard InChI is InChI=1S/C8H7FO2.K.H/c1-5-2-3-7(9)6(4-5)8(10)11;;/h2-4H,1H3,(H,10,11);;/q;+1;-1. The zero-order valence-electron chi connectivity index (χ0n) is 7.97. The van der Waals surface area contributed by atoms with Gasteiger partial charge in [-0.25, -0.2) is 9.18 Å². The van der Waals surface area contributed by atoms with Crippen LogP contribution in [0.4, 0.5) is 4.39 Å². The van der Waals surface area contributed by atoms with Gasteiger partial charge in [-0.15, -0.1) is 0 Å². The average molecular weight is 194 g/mol. The molecule has 0 amide bonds. The summed E-state index contributed by atoms with van der Waals surface area (Å²) in [6, 6.07) is 3.98. The van der Waals surface area contributed by atoms with E-state index in [0.717, 1.165) is 11.6 Å². The molecule has 0 aliphatic heterocycles. The monoisotopic (exact) mass is 194 g/mol. The van der Waals surface area contributed by atoms with E-state index in [1.807, 2.05) is 0 Å². The van der Waals surface area contributed by atoms with Crippen LogP contribution in [0.2, 0.25) is 0 Å². The molecule has 0 aliphatic rings. The number of carboxylic acids is 1. The van der Waals surface area contributed by atoms with Crippen molar-refractivity contribution in [3.8, 4) is 0 Å². The summed E-state index contributed by atoms with van der Waals surface area (Å²) in [4.78, 5) is 10.3. The minimum atomic E-state index is -1.23. The molecular weight excluding hydrogens is 186 g/mol. The second-order valence-electron chi connectivity index (χ2n) is 2.29. The van der Waals surface area contributed by atoms with Crippen LogP contribution in [0, 0.1) is 12.7 Å². The predicted octanol–water partition coefficient (Wildman–Crippen LogP) is -1.05. The summed E-state index contributed by atoms with van der Waals surface area (Å²) in [5.41, 5.74) is 0.466. The van der Waals surface area contributed by atoms with E-state index in [4.69, 9.17) is 5.11 Å². The molecule has 12 heavy (non-hydrogen) atoms. The fourth-order valence-electron chi connectivity index (χ4n) is 0.803. The summed E-state index contributed by atoms with van der Waals surface area (Å²) in [5.74, 6) is -1.92. The van der Waals surface area contributed by atoms with E-state index in [2.05, 4.69) is 0 Å². The molecule has 0 aliphatic carbocycles. The molecule has 0 fully saturated rings. The predicted molar refractivity (Wildman–Crippen MR) is 39.2 cm³/mol. The van der Waals surface area contributed by atoms with Gasteiger partial charge in [0.2, 0.25) is 0 Å². The number of benzene rings is 1. The number of aryl methyl sites for hydroxylation is 1. The molecule has 0 atom stereocenters. The van der Waals surface area contributed by atoms with Gasteiger partial charge in [-0.1, -0.05) is 11.6 Å². The molecule has 1 rings (SSSR count). The van der Waals surface area contributed by atoms with Crippen LogP contribution in [-0.4, -0.2) is 11.1 Å². The Morgan fingerprint density at radius 2 is 2.17 bits per heavy atom. The number of aromatic carboxylic acids is 1. The van der Waals surface area contributed by atoms with Gasteiger partial charge in [0.15, 0.2) is 0 Å². The Labute approximate surface area is 114 Å². The van der Waals surface area contributed by atoms with Crippen LogP contribution in [0.25, 0.3) is 0 Å². The molecule has 2 nitrogen and oxygen atoms in total. The van der Waals surface area contributed by atoms with Gasteiger partial charge in [0.25, 0.3) is 0 Å². The maximum Gasteiger partial charge on any atom is 1.00 e. The van der Waals surface area contributed by atoms with Crippen molar-refractivity contribution in [1.29, 1.82) is 0 Å². The quantitative estimate of drug-likeness (QED) is 0.579. The first kappa shape index (κ1) is 12.3. The van der Waals surface area contributed by atoms with Crippen molar-refractivity contribution >= 4 is 5.97 Å². The minimum absolute atomic E-state index is 0. The minimum Gasteiger partial charge on any atom is -1.00 e. The fourth-order valence-corrected chi connectivity index (χ4v) is 0.803. The summed E-state index contributed by atoms with van der Waals surface area (Å²) in [6.07, 6.45) is 0. The first-order valence-electron chi connectivity index (χ1n) is 3.10. The molecule has 0 spiro atoms. The molecule has 4 heteroatoms. The van der Waals surface area contributed by atoms with E-state index >= 15 is 0 Å².